The number of halogens is 1. The molecule has 1 unspecified atom stereocenters. The number of hydrogen-bond donors (Lipinski definition) is 3. The van der Waals surface area contributed by atoms with E-state index in [1.165, 1.54) is 12.2 Å². The normalized spacial score (nSPS) is 57.8. The molecule has 0 aromatic rings. The first-order valence-electron chi connectivity index (χ1n) is 12.1. The molecule has 6 heteroatoms. The third kappa shape index (κ3) is 2.09. The monoisotopic (exact) mass is 413 g/mol. The van der Waals surface area contributed by atoms with Crippen LogP contribution >= 0.6 is 11.6 Å². The van der Waals surface area contributed by atoms with Gasteiger partial charge in [0.1, 0.15) is 12.2 Å². The molecule has 0 heterocycles. The van der Waals surface area contributed by atoms with Crippen molar-refractivity contribution in [3.05, 3.63) is 23.8 Å². The lowest BCUT2D eigenvalue weighted by Gasteiger charge is -2.63. The number of aliphatic hydroxyl groups is 3. The Hall–Kier alpha value is -1.01. The van der Waals surface area contributed by atoms with E-state index in [1.807, 2.05) is 0 Å². The highest BCUT2D eigenvalue weighted by molar-refractivity contribution is 6.26. The third-order valence-electron chi connectivity index (χ3n) is 8.22. The molecule has 4 aliphatic rings. The van der Waals surface area contributed by atoms with Crippen molar-refractivity contribution in [3.63, 3.8) is 0 Å². The first-order valence-corrected chi connectivity index (χ1v) is 10.00. The minimum absolute atomic E-state index is 0.0829. The van der Waals surface area contributed by atoms with Gasteiger partial charge >= 0.3 is 0 Å². The summed E-state index contributed by atoms with van der Waals surface area (Å²) in [5.41, 5.74) is -5.17. The molecular formula is C22H29ClO5. The molecule has 0 aromatic heterocycles. The van der Waals surface area contributed by atoms with E-state index in [0.29, 0.717) is 0 Å². The van der Waals surface area contributed by atoms with E-state index in [9.17, 15) is 24.9 Å². The van der Waals surface area contributed by atoms with E-state index < -0.39 is 75.7 Å². The Bertz CT molecular complexity index is 1010. The molecule has 3 N–H and O–H groups in total. The standard InChI is InChI=1S/C22H29ClO5/c1-12-8-16-15-5-4-13-9-14(25)6-7-19(13,2)21(15,23)17(26)10-20(16,3)22(12,28)18(27)11-24/h6-7,9,12,15-17,24,26,28H,4-5,8,10-11H2,1-3H3/t12-,15-,16-,17-,19-,20-,21?,22-/m0/s1/i4D2,9D,11D2. The Kier molecular flexibility index (Phi) is 3.19. The van der Waals surface area contributed by atoms with E-state index >= 15 is 0 Å². The first kappa shape index (κ1) is 14.9. The van der Waals surface area contributed by atoms with Crippen LogP contribution in [0.1, 0.15) is 53.3 Å². The fraction of sp³-hybridized carbons (Fsp3) is 0.727. The fourth-order valence-electron chi connectivity index (χ4n) is 6.63. The number of ketones is 2. The third-order valence-corrected chi connectivity index (χ3v) is 9.14. The second-order valence-electron chi connectivity index (χ2n) is 9.24. The Morgan fingerprint density at radius 2 is 2.14 bits per heavy atom. The minimum atomic E-state index is -3.29. The van der Waals surface area contributed by atoms with E-state index in [0.717, 1.165) is 0 Å². The van der Waals surface area contributed by atoms with Crippen LogP contribution in [0.2, 0.25) is 0 Å². The highest BCUT2D eigenvalue weighted by atomic mass is 35.5. The second kappa shape index (κ2) is 6.00. The van der Waals surface area contributed by atoms with Gasteiger partial charge in [-0.2, -0.15) is 0 Å². The molecule has 0 aromatic carbocycles. The number of fused-ring (bicyclic) bond motifs is 5. The van der Waals surface area contributed by atoms with Crippen LogP contribution in [0.4, 0.5) is 0 Å². The average molecular weight is 414 g/mol. The van der Waals surface area contributed by atoms with Crippen molar-refractivity contribution >= 4 is 23.2 Å². The molecule has 0 saturated heterocycles. The highest BCUT2D eigenvalue weighted by Gasteiger charge is 2.74. The molecule has 0 radical (unpaired) electrons. The van der Waals surface area contributed by atoms with Gasteiger partial charge in [0.2, 0.25) is 0 Å². The second-order valence-corrected chi connectivity index (χ2v) is 9.87. The molecular weight excluding hydrogens is 380 g/mol. The summed E-state index contributed by atoms with van der Waals surface area (Å²) < 4.78 is 40.9. The van der Waals surface area contributed by atoms with E-state index in [4.69, 9.17) is 18.5 Å². The van der Waals surface area contributed by atoms with E-state index in [-0.39, 0.29) is 24.8 Å². The first-order chi connectivity index (χ1) is 14.8. The number of hydrogen-bond acceptors (Lipinski definition) is 5. The molecule has 0 bridgehead atoms. The Morgan fingerprint density at radius 3 is 2.79 bits per heavy atom. The molecule has 5 nitrogen and oxygen atoms in total. The van der Waals surface area contributed by atoms with Crippen molar-refractivity contribution in [2.45, 2.75) is 63.0 Å². The summed E-state index contributed by atoms with van der Waals surface area (Å²) in [6.45, 7) is 1.44. The largest absolute Gasteiger partial charge is 0.391 e. The van der Waals surface area contributed by atoms with E-state index in [1.54, 1.807) is 20.8 Å². The van der Waals surface area contributed by atoms with Crippen molar-refractivity contribution in [2.24, 2.45) is 28.6 Å². The van der Waals surface area contributed by atoms with Gasteiger partial charge in [-0.25, -0.2) is 0 Å². The fourth-order valence-corrected chi connectivity index (χ4v) is 7.10. The molecule has 154 valence electrons. The van der Waals surface area contributed by atoms with Crippen molar-refractivity contribution in [1.29, 1.82) is 0 Å². The topological polar surface area (TPSA) is 94.8 Å². The average Bonchev–Trinajstić information content (AvgIpc) is 2.87. The Morgan fingerprint density at radius 1 is 1.46 bits per heavy atom. The molecule has 0 amide bonds. The van der Waals surface area contributed by atoms with Gasteiger partial charge in [0.25, 0.3) is 0 Å². The molecule has 4 rings (SSSR count). The Balaban J connectivity index is 1.93. The highest BCUT2D eigenvalue weighted by Crippen LogP contribution is 2.71. The lowest BCUT2D eigenvalue weighted by molar-refractivity contribution is -0.179. The van der Waals surface area contributed by atoms with Crippen molar-refractivity contribution in [2.75, 3.05) is 6.56 Å². The molecule has 4 aliphatic carbocycles. The number of allylic oxidation sites excluding steroid dienone is 4. The quantitative estimate of drug-likeness (QED) is 0.603. The Labute approximate surface area is 177 Å². The van der Waals surface area contributed by atoms with Crippen LogP contribution < -0.4 is 0 Å². The lowest BCUT2D eigenvalue weighted by Crippen LogP contribution is -2.69. The van der Waals surface area contributed by atoms with Gasteiger partial charge in [0.05, 0.1) is 15.1 Å². The molecule has 0 spiro atoms. The summed E-state index contributed by atoms with van der Waals surface area (Å²) in [6.07, 6.45) is -1.14. The molecule has 0 aliphatic heterocycles. The number of alkyl halides is 1. The molecule has 8 atom stereocenters. The maximum Gasteiger partial charge on any atom is 0.190 e. The number of carbonyl (C=O) groups excluding carboxylic acids is 2. The molecule has 28 heavy (non-hydrogen) atoms. The van der Waals surface area contributed by atoms with Crippen LogP contribution in [0.15, 0.2) is 23.8 Å². The van der Waals surface area contributed by atoms with Gasteiger partial charge in [0.15, 0.2) is 11.6 Å². The number of aliphatic hydroxyl groups excluding tert-OH is 1. The van der Waals surface area contributed by atoms with Gasteiger partial charge in [0, 0.05) is 13.6 Å². The summed E-state index contributed by atoms with van der Waals surface area (Å²) in [5, 5.41) is 32.9. The predicted octanol–water partition coefficient (Wildman–Crippen LogP) is 2.17. The van der Waals surface area contributed by atoms with Crippen LogP contribution in [-0.2, 0) is 9.59 Å². The predicted molar refractivity (Wildman–Crippen MR) is 105 cm³/mol. The summed E-state index contributed by atoms with van der Waals surface area (Å²) >= 11 is 7.23. The van der Waals surface area contributed by atoms with Gasteiger partial charge < -0.3 is 15.3 Å². The van der Waals surface area contributed by atoms with Crippen molar-refractivity contribution < 1.29 is 31.8 Å². The summed E-state index contributed by atoms with van der Waals surface area (Å²) in [7, 11) is 0. The zero-order chi connectivity index (χ0) is 25.2. The molecule has 3 fully saturated rings. The van der Waals surface area contributed by atoms with Crippen LogP contribution in [0.5, 0.6) is 0 Å². The van der Waals surface area contributed by atoms with Gasteiger partial charge in [-0.3, -0.25) is 9.59 Å². The molecule has 3 saturated carbocycles. The maximum absolute atomic E-state index is 13.0. The number of carbonyl (C=O) groups is 2. The van der Waals surface area contributed by atoms with Crippen LogP contribution in [0.25, 0.3) is 0 Å². The minimum Gasteiger partial charge on any atom is -0.391 e. The van der Waals surface area contributed by atoms with Gasteiger partial charge in [-0.05, 0) is 55.5 Å². The zero-order valence-corrected chi connectivity index (χ0v) is 16.9. The van der Waals surface area contributed by atoms with Crippen molar-refractivity contribution in [1.82, 2.24) is 0 Å². The zero-order valence-electron chi connectivity index (χ0n) is 21.1. The number of Topliss-reactive ketones (excluding diaryl/α,β-unsaturated/α-hetero) is 1. The number of rotatable bonds is 2. The van der Waals surface area contributed by atoms with Crippen LogP contribution in [-0.4, -0.2) is 50.0 Å². The van der Waals surface area contributed by atoms with E-state index in [2.05, 4.69) is 0 Å². The summed E-state index contributed by atoms with van der Waals surface area (Å²) in [6, 6.07) is -0.482. The lowest BCUT2D eigenvalue weighted by atomic mass is 9.45. The van der Waals surface area contributed by atoms with Gasteiger partial charge in [-0.15, -0.1) is 11.6 Å². The van der Waals surface area contributed by atoms with Gasteiger partial charge in [-0.1, -0.05) is 32.4 Å². The summed E-state index contributed by atoms with van der Waals surface area (Å²) in [4.78, 5) is 23.6. The maximum atomic E-state index is 13.0. The van der Waals surface area contributed by atoms with Crippen LogP contribution in [0, 0.1) is 28.6 Å². The van der Waals surface area contributed by atoms with Crippen molar-refractivity contribution in [3.8, 4) is 0 Å². The summed E-state index contributed by atoms with van der Waals surface area (Å²) in [5.74, 6) is -4.20. The van der Waals surface area contributed by atoms with Crippen LogP contribution in [0.3, 0.4) is 0 Å². The SMILES string of the molecule is [2H]C1=C2C([2H])([2H])C[C@H]3[C@@H]4C[C@H](C)[C@](O)(C(=O)C([2H])([2H])O)[C@@]4(C)C[C@H](O)C3(Cl)[C@@]2(C)C=CC1=O. The smallest absolute Gasteiger partial charge is 0.190 e.